The van der Waals surface area contributed by atoms with Crippen LogP contribution >= 0.6 is 0 Å². The van der Waals surface area contributed by atoms with E-state index in [9.17, 15) is 0 Å². The quantitative estimate of drug-likeness (QED) is 0.610. The van der Waals surface area contributed by atoms with Crippen LogP contribution in [-0.2, 0) is 6.42 Å². The van der Waals surface area contributed by atoms with E-state index >= 15 is 0 Å². The van der Waals surface area contributed by atoms with E-state index in [4.69, 9.17) is 5.26 Å². The van der Waals surface area contributed by atoms with Gasteiger partial charge in [-0.1, -0.05) is 6.92 Å². The number of nitriles is 1. The van der Waals surface area contributed by atoms with Crippen molar-refractivity contribution in [2.24, 2.45) is 0 Å². The molecule has 0 amide bonds. The van der Waals surface area contributed by atoms with Gasteiger partial charge in [0.05, 0.1) is 0 Å². The average Bonchev–Trinajstić information content (AvgIpc) is 2.36. The molecule has 0 fully saturated rings. The summed E-state index contributed by atoms with van der Waals surface area (Å²) in [6, 6.07) is 0. The first-order chi connectivity index (χ1) is 4.88. The second-order valence-corrected chi connectivity index (χ2v) is 2.06. The molecule has 0 aliphatic heterocycles. The Bertz CT molecular complexity index is 244. The van der Waals surface area contributed by atoms with Crippen LogP contribution in [0.3, 0.4) is 0 Å². The lowest BCUT2D eigenvalue weighted by atomic mass is 10.3. The molecule has 0 aliphatic rings. The minimum atomic E-state index is 0.852. The summed E-state index contributed by atoms with van der Waals surface area (Å²) in [5.41, 5.74) is 0. The zero-order valence-corrected chi connectivity index (χ0v) is 5.91. The fourth-order valence-electron chi connectivity index (χ4n) is 0.834. The number of aromatic nitrogens is 2. The van der Waals surface area contributed by atoms with Crippen LogP contribution in [0.1, 0.15) is 19.2 Å². The number of nitrogens with zero attached hydrogens (tertiary/aromatic N) is 3. The fourth-order valence-corrected chi connectivity index (χ4v) is 0.834. The van der Waals surface area contributed by atoms with Crippen LogP contribution in [0.2, 0.25) is 0 Å². The standard InChI is InChI=1S/C7H9N3/c1-2-3-7-9-4-5-10(7)6-8/h4-5H,2-3H2,1H3. The first-order valence-corrected chi connectivity index (χ1v) is 3.30. The molecule has 0 radical (unpaired) electrons. The predicted octanol–water partition coefficient (Wildman–Crippen LogP) is 1.16. The van der Waals surface area contributed by atoms with Crippen molar-refractivity contribution in [3.05, 3.63) is 18.2 Å². The second-order valence-electron chi connectivity index (χ2n) is 2.06. The summed E-state index contributed by atoms with van der Waals surface area (Å²) in [6.07, 6.45) is 7.24. The molecule has 0 aliphatic carbocycles. The molecule has 3 nitrogen and oxygen atoms in total. The van der Waals surface area contributed by atoms with E-state index in [1.165, 1.54) is 4.57 Å². The van der Waals surface area contributed by atoms with Gasteiger partial charge in [0, 0.05) is 18.8 Å². The SMILES string of the molecule is CCCc1nccn1C#N. The van der Waals surface area contributed by atoms with E-state index in [1.54, 1.807) is 12.4 Å². The van der Waals surface area contributed by atoms with Crippen LogP contribution in [-0.4, -0.2) is 9.55 Å². The highest BCUT2D eigenvalue weighted by molar-refractivity contribution is 4.99. The molecule has 0 spiro atoms. The van der Waals surface area contributed by atoms with Crippen LogP contribution < -0.4 is 0 Å². The van der Waals surface area contributed by atoms with Crippen LogP contribution in [0.4, 0.5) is 0 Å². The van der Waals surface area contributed by atoms with Gasteiger partial charge in [-0.2, -0.15) is 5.26 Å². The van der Waals surface area contributed by atoms with E-state index in [1.807, 2.05) is 6.19 Å². The summed E-state index contributed by atoms with van der Waals surface area (Å²) in [5.74, 6) is 0.852. The molecule has 0 N–H and O–H groups in total. The van der Waals surface area contributed by atoms with Gasteiger partial charge in [-0.3, -0.25) is 0 Å². The normalized spacial score (nSPS) is 9.20. The summed E-state index contributed by atoms with van der Waals surface area (Å²) in [5, 5.41) is 8.51. The topological polar surface area (TPSA) is 41.6 Å². The lowest BCUT2D eigenvalue weighted by molar-refractivity contribution is 0.815. The van der Waals surface area contributed by atoms with E-state index in [-0.39, 0.29) is 0 Å². The summed E-state index contributed by atoms with van der Waals surface area (Å²) in [4.78, 5) is 4.02. The van der Waals surface area contributed by atoms with Crippen molar-refractivity contribution in [3.63, 3.8) is 0 Å². The van der Waals surface area contributed by atoms with Gasteiger partial charge in [-0.25, -0.2) is 9.55 Å². The number of aryl methyl sites for hydroxylation is 1. The van der Waals surface area contributed by atoms with Crippen molar-refractivity contribution in [2.45, 2.75) is 19.8 Å². The third-order valence-corrected chi connectivity index (χ3v) is 1.30. The molecule has 1 heterocycles. The maximum atomic E-state index is 8.51. The molecule has 1 rings (SSSR count). The van der Waals surface area contributed by atoms with E-state index < -0.39 is 0 Å². The molecular formula is C7H9N3. The van der Waals surface area contributed by atoms with E-state index in [0.717, 1.165) is 18.7 Å². The highest BCUT2D eigenvalue weighted by Gasteiger charge is 1.97. The van der Waals surface area contributed by atoms with Gasteiger partial charge in [0.25, 0.3) is 0 Å². The van der Waals surface area contributed by atoms with Crippen LogP contribution in [0.5, 0.6) is 0 Å². The first-order valence-electron chi connectivity index (χ1n) is 3.30. The number of rotatable bonds is 2. The molecular weight excluding hydrogens is 126 g/mol. The van der Waals surface area contributed by atoms with Gasteiger partial charge in [0.1, 0.15) is 5.82 Å². The summed E-state index contributed by atoms with van der Waals surface area (Å²) in [6.45, 7) is 2.07. The minimum absolute atomic E-state index is 0.852. The monoisotopic (exact) mass is 135 g/mol. The molecule has 52 valence electrons. The lowest BCUT2D eigenvalue weighted by Crippen LogP contribution is -1.95. The molecule has 0 atom stereocenters. The zero-order chi connectivity index (χ0) is 7.40. The summed E-state index contributed by atoms with van der Waals surface area (Å²) >= 11 is 0. The van der Waals surface area contributed by atoms with Crippen LogP contribution in [0.15, 0.2) is 12.4 Å². The molecule has 0 saturated heterocycles. The number of imidazole rings is 1. The van der Waals surface area contributed by atoms with Gasteiger partial charge in [0.15, 0.2) is 6.19 Å². The predicted molar refractivity (Wildman–Crippen MR) is 37.2 cm³/mol. The van der Waals surface area contributed by atoms with E-state index in [2.05, 4.69) is 11.9 Å². The van der Waals surface area contributed by atoms with Crippen molar-refractivity contribution in [1.29, 1.82) is 5.26 Å². The Morgan fingerprint density at radius 2 is 2.60 bits per heavy atom. The van der Waals surface area contributed by atoms with Gasteiger partial charge in [-0.05, 0) is 6.42 Å². The molecule has 1 aromatic heterocycles. The van der Waals surface area contributed by atoms with Crippen molar-refractivity contribution in [1.82, 2.24) is 9.55 Å². The highest BCUT2D eigenvalue weighted by atomic mass is 15.0. The summed E-state index contributed by atoms with van der Waals surface area (Å²) < 4.78 is 1.49. The van der Waals surface area contributed by atoms with Gasteiger partial charge in [-0.15, -0.1) is 0 Å². The third kappa shape index (κ3) is 1.16. The Balaban J connectivity index is 2.82. The second kappa shape index (κ2) is 3.02. The Hall–Kier alpha value is -1.30. The first kappa shape index (κ1) is 6.81. The molecule has 0 aromatic carbocycles. The van der Waals surface area contributed by atoms with Crippen molar-refractivity contribution >= 4 is 0 Å². The van der Waals surface area contributed by atoms with Gasteiger partial charge < -0.3 is 0 Å². The van der Waals surface area contributed by atoms with Crippen molar-refractivity contribution in [2.75, 3.05) is 0 Å². The van der Waals surface area contributed by atoms with Crippen molar-refractivity contribution < 1.29 is 0 Å². The molecule has 0 saturated carbocycles. The largest absolute Gasteiger partial charge is 0.241 e. The Morgan fingerprint density at radius 3 is 3.20 bits per heavy atom. The Kier molecular flexibility index (Phi) is 2.06. The van der Waals surface area contributed by atoms with Crippen LogP contribution in [0, 0.1) is 11.5 Å². The number of hydrogen-bond acceptors (Lipinski definition) is 2. The molecule has 3 heteroatoms. The molecule has 0 bridgehead atoms. The molecule has 1 aromatic rings. The average molecular weight is 135 g/mol. The van der Waals surface area contributed by atoms with Gasteiger partial charge >= 0.3 is 0 Å². The van der Waals surface area contributed by atoms with Gasteiger partial charge in [0.2, 0.25) is 0 Å². The Labute approximate surface area is 59.9 Å². The zero-order valence-electron chi connectivity index (χ0n) is 5.91. The third-order valence-electron chi connectivity index (χ3n) is 1.30. The van der Waals surface area contributed by atoms with Crippen LogP contribution in [0.25, 0.3) is 0 Å². The maximum Gasteiger partial charge on any atom is 0.189 e. The van der Waals surface area contributed by atoms with E-state index in [0.29, 0.717) is 0 Å². The lowest BCUT2D eigenvalue weighted by Gasteiger charge is -1.92. The smallest absolute Gasteiger partial charge is 0.189 e. The number of hydrogen-bond donors (Lipinski definition) is 0. The molecule has 10 heavy (non-hydrogen) atoms. The fraction of sp³-hybridized carbons (Fsp3) is 0.429. The highest BCUT2D eigenvalue weighted by Crippen LogP contribution is 1.97. The minimum Gasteiger partial charge on any atom is -0.241 e. The summed E-state index contributed by atoms with van der Waals surface area (Å²) in [7, 11) is 0. The maximum absolute atomic E-state index is 8.51. The Morgan fingerprint density at radius 1 is 1.80 bits per heavy atom. The van der Waals surface area contributed by atoms with Crippen molar-refractivity contribution in [3.8, 4) is 6.19 Å². The molecule has 0 unspecified atom stereocenters.